The van der Waals surface area contributed by atoms with Gasteiger partial charge in [-0.2, -0.15) is 0 Å². The molecule has 1 aliphatic carbocycles. The van der Waals surface area contributed by atoms with Gasteiger partial charge in [-0.15, -0.1) is 0 Å². The van der Waals surface area contributed by atoms with Crippen LogP contribution >= 0.6 is 0 Å². The first-order valence-corrected chi connectivity index (χ1v) is 14.5. The van der Waals surface area contributed by atoms with Gasteiger partial charge in [-0.05, 0) is 63.7 Å². The number of carboxylic acids is 1. The first-order valence-electron chi connectivity index (χ1n) is 12.7. The van der Waals surface area contributed by atoms with Crippen LogP contribution in [0, 0.1) is 17.8 Å². The molecule has 2 saturated heterocycles. The van der Waals surface area contributed by atoms with Gasteiger partial charge in [0.2, 0.25) is 0 Å². The van der Waals surface area contributed by atoms with E-state index in [-0.39, 0.29) is 42.0 Å². The maximum atomic E-state index is 13.0. The summed E-state index contributed by atoms with van der Waals surface area (Å²) in [5.74, 6) is 0.798. The van der Waals surface area contributed by atoms with Crippen LogP contribution in [-0.2, 0) is 19.4 Å². The maximum absolute atomic E-state index is 13.0. The van der Waals surface area contributed by atoms with Crippen molar-refractivity contribution in [1.82, 2.24) is 0 Å². The molecule has 3 aliphatic rings. The first kappa shape index (κ1) is 25.5. The molecule has 0 unspecified atom stereocenters. The molecule has 5 nitrogen and oxygen atoms in total. The molecule has 32 heavy (non-hydrogen) atoms. The highest BCUT2D eigenvalue weighted by molar-refractivity contribution is 7.91. The van der Waals surface area contributed by atoms with Gasteiger partial charge in [-0.3, -0.25) is 4.79 Å². The average Bonchev–Trinajstić information content (AvgIpc) is 3.33. The van der Waals surface area contributed by atoms with E-state index in [0.29, 0.717) is 6.42 Å². The Labute approximate surface area is 194 Å². The topological polar surface area (TPSA) is 80.7 Å². The van der Waals surface area contributed by atoms with Gasteiger partial charge in [-0.1, -0.05) is 55.9 Å². The van der Waals surface area contributed by atoms with Crippen molar-refractivity contribution in [2.45, 2.75) is 103 Å². The highest BCUT2D eigenvalue weighted by Gasteiger charge is 2.49. The SMILES string of the molecule is CC(=CCCC1CCCCC1)CS(=O)(=O)C[C@H]1[C@@H](C/C=C\CCCC(=O)O)[C@H]2CC[C@@H]1O2. The molecule has 0 aromatic heterocycles. The van der Waals surface area contributed by atoms with Crippen LogP contribution in [0.2, 0.25) is 0 Å². The van der Waals surface area contributed by atoms with E-state index in [9.17, 15) is 13.2 Å². The molecule has 2 bridgehead atoms. The predicted molar refractivity (Wildman–Crippen MR) is 128 cm³/mol. The summed E-state index contributed by atoms with van der Waals surface area (Å²) in [5.41, 5.74) is 0.986. The van der Waals surface area contributed by atoms with Gasteiger partial charge in [0.1, 0.15) is 0 Å². The second-order valence-electron chi connectivity index (χ2n) is 10.3. The molecule has 2 heterocycles. The molecule has 1 saturated carbocycles. The Morgan fingerprint density at radius 3 is 2.44 bits per heavy atom. The number of aliphatic carboxylic acids is 1. The van der Waals surface area contributed by atoms with Crippen LogP contribution in [0.4, 0.5) is 0 Å². The molecule has 1 N–H and O–H groups in total. The molecule has 0 amide bonds. The summed E-state index contributed by atoms with van der Waals surface area (Å²) in [6.07, 6.45) is 19.9. The van der Waals surface area contributed by atoms with Crippen LogP contribution in [0.5, 0.6) is 0 Å². The molecule has 4 atom stereocenters. The number of unbranched alkanes of at least 4 members (excludes halogenated alkanes) is 1. The lowest BCUT2D eigenvalue weighted by molar-refractivity contribution is -0.137. The van der Waals surface area contributed by atoms with Crippen LogP contribution in [0.1, 0.15) is 90.4 Å². The largest absolute Gasteiger partial charge is 0.481 e. The lowest BCUT2D eigenvalue weighted by atomic mass is 9.78. The number of sulfone groups is 1. The summed E-state index contributed by atoms with van der Waals surface area (Å²) >= 11 is 0. The third-order valence-corrected chi connectivity index (χ3v) is 9.40. The molecule has 0 radical (unpaired) electrons. The standard InChI is InChI=1S/C26H42O5S/c1-20(10-9-13-21-11-5-4-6-12-21)18-32(29,30)19-23-22(24-16-17-25(23)31-24)14-7-2-3-8-15-26(27)28/h2,7,10,21-25H,3-6,8-9,11-19H2,1H3,(H,27,28)/b7-2-,20-10?/t22-,23+,24-,25+/m1/s1. The van der Waals surface area contributed by atoms with E-state index in [1.165, 1.54) is 38.5 Å². The summed E-state index contributed by atoms with van der Waals surface area (Å²) in [4.78, 5) is 10.6. The van der Waals surface area contributed by atoms with Crippen molar-refractivity contribution in [3.63, 3.8) is 0 Å². The quantitative estimate of drug-likeness (QED) is 0.278. The fourth-order valence-corrected chi connectivity index (χ4v) is 7.95. The lowest BCUT2D eigenvalue weighted by Gasteiger charge is -2.27. The van der Waals surface area contributed by atoms with E-state index in [2.05, 4.69) is 12.2 Å². The second kappa shape index (κ2) is 12.4. The van der Waals surface area contributed by atoms with E-state index >= 15 is 0 Å². The van der Waals surface area contributed by atoms with Crippen LogP contribution < -0.4 is 0 Å². The Morgan fingerprint density at radius 1 is 1.00 bits per heavy atom. The van der Waals surface area contributed by atoms with Crippen LogP contribution in [0.3, 0.4) is 0 Å². The third kappa shape index (κ3) is 8.02. The molecule has 182 valence electrons. The second-order valence-corrected chi connectivity index (χ2v) is 12.4. The van der Waals surface area contributed by atoms with Gasteiger partial charge in [0.05, 0.1) is 23.7 Å². The van der Waals surface area contributed by atoms with Crippen molar-refractivity contribution in [3.8, 4) is 0 Å². The van der Waals surface area contributed by atoms with Crippen molar-refractivity contribution in [2.75, 3.05) is 11.5 Å². The molecule has 0 aromatic carbocycles. The zero-order valence-electron chi connectivity index (χ0n) is 19.7. The van der Waals surface area contributed by atoms with Gasteiger partial charge in [0.15, 0.2) is 9.84 Å². The summed E-state index contributed by atoms with van der Waals surface area (Å²) < 4.78 is 32.1. The first-order chi connectivity index (χ1) is 15.3. The number of fused-ring (bicyclic) bond motifs is 2. The number of ether oxygens (including phenoxy) is 1. The van der Waals surface area contributed by atoms with Crippen molar-refractivity contribution >= 4 is 15.8 Å². The number of allylic oxidation sites excluding steroid dienone is 3. The minimum absolute atomic E-state index is 0.0794. The van der Waals surface area contributed by atoms with Crippen molar-refractivity contribution < 1.29 is 23.1 Å². The van der Waals surface area contributed by atoms with E-state index in [1.54, 1.807) is 0 Å². The fourth-order valence-electron chi connectivity index (χ4n) is 5.97. The Bertz CT molecular complexity index is 763. The molecule has 0 spiro atoms. The lowest BCUT2D eigenvalue weighted by Crippen LogP contribution is -2.33. The highest BCUT2D eigenvalue weighted by Crippen LogP contribution is 2.45. The molecule has 3 fully saturated rings. The van der Waals surface area contributed by atoms with Crippen molar-refractivity contribution in [2.24, 2.45) is 17.8 Å². The number of carbonyl (C=O) groups is 1. The highest BCUT2D eigenvalue weighted by atomic mass is 32.2. The Hall–Kier alpha value is -1.14. The van der Waals surface area contributed by atoms with Gasteiger partial charge in [0, 0.05) is 12.3 Å². The number of hydrogen-bond donors (Lipinski definition) is 1. The Morgan fingerprint density at radius 2 is 1.72 bits per heavy atom. The monoisotopic (exact) mass is 466 g/mol. The summed E-state index contributed by atoms with van der Waals surface area (Å²) in [5, 5.41) is 8.73. The molecular weight excluding hydrogens is 424 g/mol. The van der Waals surface area contributed by atoms with Gasteiger partial charge < -0.3 is 9.84 Å². The van der Waals surface area contributed by atoms with Crippen molar-refractivity contribution in [1.29, 1.82) is 0 Å². The molecule has 2 aliphatic heterocycles. The molecule has 0 aromatic rings. The predicted octanol–water partition coefficient (Wildman–Crippen LogP) is 5.70. The third-order valence-electron chi connectivity index (χ3n) is 7.61. The van der Waals surface area contributed by atoms with Gasteiger partial charge >= 0.3 is 5.97 Å². The fraction of sp³-hybridized carbons (Fsp3) is 0.808. The van der Waals surface area contributed by atoms with E-state index in [1.807, 2.05) is 13.0 Å². The van der Waals surface area contributed by atoms with Gasteiger partial charge in [-0.25, -0.2) is 8.42 Å². The normalized spacial score (nSPS) is 29.2. The van der Waals surface area contributed by atoms with E-state index < -0.39 is 15.8 Å². The number of hydrogen-bond acceptors (Lipinski definition) is 4. The smallest absolute Gasteiger partial charge is 0.303 e. The minimum atomic E-state index is -3.16. The van der Waals surface area contributed by atoms with Crippen LogP contribution in [0.25, 0.3) is 0 Å². The summed E-state index contributed by atoms with van der Waals surface area (Å²) in [6.45, 7) is 1.97. The van der Waals surface area contributed by atoms with Crippen molar-refractivity contribution in [3.05, 3.63) is 23.8 Å². The summed E-state index contributed by atoms with van der Waals surface area (Å²) in [6, 6.07) is 0. The summed E-state index contributed by atoms with van der Waals surface area (Å²) in [7, 11) is -3.16. The number of rotatable bonds is 13. The van der Waals surface area contributed by atoms with E-state index in [4.69, 9.17) is 9.84 Å². The molecule has 3 rings (SSSR count). The minimum Gasteiger partial charge on any atom is -0.481 e. The van der Waals surface area contributed by atoms with Crippen LogP contribution in [0.15, 0.2) is 23.8 Å². The number of carboxylic acid groups (broad SMARTS) is 1. The molecular formula is C26H42O5S. The molecule has 6 heteroatoms. The maximum Gasteiger partial charge on any atom is 0.303 e. The Kier molecular flexibility index (Phi) is 9.84. The van der Waals surface area contributed by atoms with Gasteiger partial charge in [0.25, 0.3) is 0 Å². The zero-order valence-corrected chi connectivity index (χ0v) is 20.5. The van der Waals surface area contributed by atoms with E-state index in [0.717, 1.165) is 43.6 Å². The average molecular weight is 467 g/mol. The zero-order chi connectivity index (χ0) is 23.0. The Balaban J connectivity index is 1.46. The van der Waals surface area contributed by atoms with Crippen LogP contribution in [-0.4, -0.2) is 43.2 Å².